The number of oxime groups is 1. The van der Waals surface area contributed by atoms with E-state index < -0.39 is 31.4 Å². The van der Waals surface area contributed by atoms with Gasteiger partial charge in [-0.3, -0.25) is 4.79 Å². The smallest absolute Gasteiger partial charge is 0.316 e. The Kier molecular flexibility index (Phi) is 5.25. The van der Waals surface area contributed by atoms with E-state index in [0.29, 0.717) is 18.6 Å². The van der Waals surface area contributed by atoms with E-state index in [1.54, 1.807) is 0 Å². The Morgan fingerprint density at radius 1 is 1.09 bits per heavy atom. The van der Waals surface area contributed by atoms with Crippen LogP contribution in [0.1, 0.15) is 50.7 Å². The van der Waals surface area contributed by atoms with Crippen LogP contribution in [-0.2, 0) is 9.63 Å². The van der Waals surface area contributed by atoms with E-state index in [9.17, 15) is 15.0 Å². The summed E-state index contributed by atoms with van der Waals surface area (Å²) in [6, 6.07) is 16.9. The van der Waals surface area contributed by atoms with Crippen molar-refractivity contribution in [2.75, 3.05) is 0 Å². The standard InChI is InChI=1S/C25H31NO5Si/c1-23(2,3)32(4,5)30-19-13-11-18(12-14-19)21-20(17-9-7-6-8-10-17)25(29,31-26-21)24(15-16-24)22(27)28/h6-14,20,29H,15-16H2,1-5H3,(H,27,28). The maximum absolute atomic E-state index is 12.1. The number of hydrogen-bond acceptors (Lipinski definition) is 5. The van der Waals surface area contributed by atoms with Gasteiger partial charge in [0.15, 0.2) is 0 Å². The molecular weight excluding hydrogens is 422 g/mol. The van der Waals surface area contributed by atoms with Crippen LogP contribution in [0.25, 0.3) is 0 Å². The summed E-state index contributed by atoms with van der Waals surface area (Å²) in [4.78, 5) is 17.6. The average molecular weight is 454 g/mol. The van der Waals surface area contributed by atoms with Gasteiger partial charge in [0.05, 0.1) is 5.92 Å². The summed E-state index contributed by atoms with van der Waals surface area (Å²) >= 11 is 0. The van der Waals surface area contributed by atoms with Gasteiger partial charge in [0.2, 0.25) is 8.32 Å². The first-order chi connectivity index (χ1) is 14.9. The normalized spacial score (nSPS) is 24.4. The third-order valence-electron chi connectivity index (χ3n) is 7.26. The Bertz CT molecular complexity index is 1040. The molecule has 1 fully saturated rings. The van der Waals surface area contributed by atoms with E-state index in [0.717, 1.165) is 16.9 Å². The molecule has 170 valence electrons. The minimum Gasteiger partial charge on any atom is -0.544 e. The summed E-state index contributed by atoms with van der Waals surface area (Å²) in [5.74, 6) is -2.92. The van der Waals surface area contributed by atoms with Crippen LogP contribution in [0.15, 0.2) is 59.8 Å². The lowest BCUT2D eigenvalue weighted by molar-refractivity contribution is -0.241. The molecule has 0 saturated heterocycles. The van der Waals surface area contributed by atoms with Gasteiger partial charge in [-0.15, -0.1) is 0 Å². The summed E-state index contributed by atoms with van der Waals surface area (Å²) in [6.07, 6.45) is 0.703. The van der Waals surface area contributed by atoms with Gasteiger partial charge in [0, 0.05) is 5.56 Å². The Morgan fingerprint density at radius 3 is 2.19 bits per heavy atom. The SMILES string of the molecule is CC(C)(C)[Si](C)(C)Oc1ccc(C2=NOC(O)(C3(C(=O)O)CC3)C2c2ccccc2)cc1. The highest BCUT2D eigenvalue weighted by atomic mass is 28.4. The van der Waals surface area contributed by atoms with Crippen molar-refractivity contribution >= 4 is 20.0 Å². The monoisotopic (exact) mass is 453 g/mol. The summed E-state index contributed by atoms with van der Waals surface area (Å²) in [7, 11) is -1.97. The molecule has 1 saturated carbocycles. The molecule has 2 atom stereocenters. The second-order valence-electron chi connectivity index (χ2n) is 10.4. The predicted molar refractivity (Wildman–Crippen MR) is 125 cm³/mol. The number of carboxylic acids is 1. The van der Waals surface area contributed by atoms with Crippen LogP contribution < -0.4 is 4.43 Å². The molecule has 0 aromatic heterocycles. The first kappa shape index (κ1) is 22.5. The van der Waals surface area contributed by atoms with Crippen LogP contribution in [0.4, 0.5) is 0 Å². The molecule has 6 nitrogen and oxygen atoms in total. The Hall–Kier alpha value is -2.64. The number of carboxylic acid groups (broad SMARTS) is 1. The van der Waals surface area contributed by atoms with Crippen molar-refractivity contribution in [3.8, 4) is 5.75 Å². The van der Waals surface area contributed by atoms with Crippen molar-refractivity contribution < 1.29 is 24.3 Å². The van der Waals surface area contributed by atoms with Crippen LogP contribution in [0, 0.1) is 5.41 Å². The fraction of sp³-hybridized carbons (Fsp3) is 0.440. The van der Waals surface area contributed by atoms with E-state index in [1.165, 1.54) is 0 Å². The van der Waals surface area contributed by atoms with Crippen molar-refractivity contribution in [3.05, 3.63) is 65.7 Å². The van der Waals surface area contributed by atoms with E-state index >= 15 is 0 Å². The molecule has 1 heterocycles. The predicted octanol–water partition coefficient (Wildman–Crippen LogP) is 5.14. The summed E-state index contributed by atoms with van der Waals surface area (Å²) in [5.41, 5.74) is 0.688. The van der Waals surface area contributed by atoms with E-state index in [-0.39, 0.29) is 5.04 Å². The maximum atomic E-state index is 12.1. The van der Waals surface area contributed by atoms with Crippen LogP contribution >= 0.6 is 0 Å². The highest BCUT2D eigenvalue weighted by Gasteiger charge is 2.73. The molecule has 0 amide bonds. The highest BCUT2D eigenvalue weighted by Crippen LogP contribution is 2.61. The van der Waals surface area contributed by atoms with Crippen LogP contribution in [0.3, 0.4) is 0 Å². The maximum Gasteiger partial charge on any atom is 0.316 e. The number of aliphatic carboxylic acids is 1. The molecule has 32 heavy (non-hydrogen) atoms. The Morgan fingerprint density at radius 2 is 1.69 bits per heavy atom. The van der Waals surface area contributed by atoms with Gasteiger partial charge >= 0.3 is 5.97 Å². The Labute approximate surface area is 190 Å². The summed E-state index contributed by atoms with van der Waals surface area (Å²) in [6.45, 7) is 11.0. The van der Waals surface area contributed by atoms with Gasteiger partial charge in [-0.05, 0) is 60.8 Å². The molecule has 7 heteroatoms. The third kappa shape index (κ3) is 3.53. The number of benzene rings is 2. The van der Waals surface area contributed by atoms with E-state index in [2.05, 4.69) is 39.0 Å². The molecule has 0 spiro atoms. The largest absolute Gasteiger partial charge is 0.544 e. The van der Waals surface area contributed by atoms with Gasteiger partial charge in [0.25, 0.3) is 5.79 Å². The zero-order valence-corrected chi connectivity index (χ0v) is 20.3. The number of rotatable bonds is 6. The minimum absolute atomic E-state index is 0.0827. The molecule has 1 aliphatic heterocycles. The highest BCUT2D eigenvalue weighted by molar-refractivity contribution is 6.74. The van der Waals surface area contributed by atoms with Crippen molar-refractivity contribution in [2.24, 2.45) is 10.6 Å². The number of carbonyl (C=O) groups is 1. The quantitative estimate of drug-likeness (QED) is 0.591. The molecule has 1 aliphatic carbocycles. The number of hydrogen-bond donors (Lipinski definition) is 2. The molecular formula is C25H31NO5Si. The van der Waals surface area contributed by atoms with Crippen molar-refractivity contribution in [2.45, 2.75) is 63.5 Å². The Balaban J connectivity index is 1.68. The molecule has 0 bridgehead atoms. The molecule has 2 aromatic carbocycles. The summed E-state index contributed by atoms with van der Waals surface area (Å²) < 4.78 is 6.37. The second-order valence-corrected chi connectivity index (χ2v) is 15.1. The van der Waals surface area contributed by atoms with Gasteiger partial charge in [0.1, 0.15) is 16.9 Å². The fourth-order valence-corrected chi connectivity index (χ4v) is 5.05. The van der Waals surface area contributed by atoms with Crippen LogP contribution in [-0.4, -0.2) is 36.0 Å². The second kappa shape index (κ2) is 7.45. The zero-order valence-electron chi connectivity index (χ0n) is 19.3. The molecule has 2 aliphatic rings. The van der Waals surface area contributed by atoms with Gasteiger partial charge in [-0.1, -0.05) is 56.3 Å². The van der Waals surface area contributed by atoms with Gasteiger partial charge in [-0.2, -0.15) is 0 Å². The third-order valence-corrected chi connectivity index (χ3v) is 11.6. The first-order valence-electron chi connectivity index (χ1n) is 11.0. The summed E-state index contributed by atoms with van der Waals surface area (Å²) in [5, 5.41) is 25.7. The van der Waals surface area contributed by atoms with Crippen molar-refractivity contribution in [3.63, 3.8) is 0 Å². The lowest BCUT2D eigenvalue weighted by Crippen LogP contribution is -2.49. The number of aliphatic hydroxyl groups is 1. The zero-order chi connectivity index (χ0) is 23.4. The van der Waals surface area contributed by atoms with E-state index in [1.807, 2.05) is 54.6 Å². The van der Waals surface area contributed by atoms with Crippen molar-refractivity contribution in [1.82, 2.24) is 0 Å². The minimum atomic E-state index is -1.97. The number of nitrogens with zero attached hydrogens (tertiary/aromatic N) is 1. The lowest BCUT2D eigenvalue weighted by Gasteiger charge is -2.36. The first-order valence-corrected chi connectivity index (χ1v) is 13.9. The van der Waals surface area contributed by atoms with Crippen molar-refractivity contribution in [1.29, 1.82) is 0 Å². The van der Waals surface area contributed by atoms with E-state index in [4.69, 9.17) is 9.26 Å². The average Bonchev–Trinajstić information content (AvgIpc) is 3.47. The lowest BCUT2D eigenvalue weighted by atomic mass is 9.76. The molecule has 2 unspecified atom stereocenters. The van der Waals surface area contributed by atoms with Gasteiger partial charge in [-0.25, -0.2) is 0 Å². The molecule has 4 rings (SSSR count). The molecule has 0 radical (unpaired) electrons. The molecule has 2 aromatic rings. The fourth-order valence-electron chi connectivity index (χ4n) is 4.01. The molecule has 2 N–H and O–H groups in total. The van der Waals surface area contributed by atoms with Gasteiger partial charge < -0.3 is 19.5 Å². The topological polar surface area (TPSA) is 88.4 Å². The van der Waals surface area contributed by atoms with Crippen LogP contribution in [0.5, 0.6) is 5.75 Å². The van der Waals surface area contributed by atoms with Crippen LogP contribution in [0.2, 0.25) is 18.1 Å².